The molecule has 0 fully saturated rings. The fraction of sp³-hybridized carbons (Fsp3) is 0.500. The number of phenols is 1. The van der Waals surface area contributed by atoms with E-state index in [2.05, 4.69) is 25.9 Å². The second kappa shape index (κ2) is 17.2. The maximum Gasteiger partial charge on any atom is 0.326 e. The van der Waals surface area contributed by atoms with Crippen LogP contribution in [0.25, 0.3) is 0 Å². The van der Waals surface area contributed by atoms with E-state index in [9.17, 15) is 29.4 Å². The quantitative estimate of drug-likeness (QED) is 0.107. The molecule has 220 valence electrons. The van der Waals surface area contributed by atoms with Gasteiger partial charge in [0.15, 0.2) is 0 Å². The van der Waals surface area contributed by atoms with E-state index in [1.165, 1.54) is 36.4 Å². The Morgan fingerprint density at radius 2 is 1.60 bits per heavy atom. The normalized spacial score (nSPS) is 14.0. The molecule has 2 rings (SSSR count). The summed E-state index contributed by atoms with van der Waals surface area (Å²) in [5, 5.41) is 27.0. The van der Waals surface area contributed by atoms with Gasteiger partial charge in [-0.3, -0.25) is 14.4 Å². The molecule has 1 heterocycles. The minimum Gasteiger partial charge on any atom is -0.508 e. The molecule has 13 nitrogen and oxygen atoms in total. The molecule has 0 spiro atoms. The number of aromatic hydroxyl groups is 1. The number of thioether (sulfide) groups is 1. The van der Waals surface area contributed by atoms with E-state index in [4.69, 9.17) is 11.5 Å². The highest BCUT2D eigenvalue weighted by atomic mass is 32.2. The number of benzene rings is 1. The van der Waals surface area contributed by atoms with Crippen LogP contribution in [0.4, 0.5) is 0 Å². The van der Waals surface area contributed by atoms with Gasteiger partial charge in [-0.15, -0.1) is 0 Å². The maximum absolute atomic E-state index is 13.4. The van der Waals surface area contributed by atoms with Crippen molar-refractivity contribution in [2.45, 2.75) is 62.7 Å². The molecule has 0 aliphatic carbocycles. The lowest BCUT2D eigenvalue weighted by Crippen LogP contribution is -2.58. The van der Waals surface area contributed by atoms with E-state index in [1.807, 2.05) is 6.26 Å². The average Bonchev–Trinajstić information content (AvgIpc) is 3.44. The highest BCUT2D eigenvalue weighted by Crippen LogP contribution is 2.12. The lowest BCUT2D eigenvalue weighted by atomic mass is 10.0. The minimum atomic E-state index is -1.27. The predicted molar refractivity (Wildman–Crippen MR) is 151 cm³/mol. The summed E-state index contributed by atoms with van der Waals surface area (Å²) in [6, 6.07) is 1.76. The molecule has 4 atom stereocenters. The zero-order chi connectivity index (χ0) is 29.5. The number of nitrogens with two attached hydrogens (primary N) is 2. The molecule has 14 heteroatoms. The van der Waals surface area contributed by atoms with Gasteiger partial charge in [0.25, 0.3) is 0 Å². The van der Waals surface area contributed by atoms with Crippen LogP contribution < -0.4 is 27.4 Å². The molecule has 0 saturated heterocycles. The highest BCUT2D eigenvalue weighted by Gasteiger charge is 2.30. The first kappa shape index (κ1) is 32.6. The van der Waals surface area contributed by atoms with E-state index in [0.717, 1.165) is 6.42 Å². The van der Waals surface area contributed by atoms with Crippen molar-refractivity contribution in [3.63, 3.8) is 0 Å². The van der Waals surface area contributed by atoms with E-state index in [-0.39, 0.29) is 25.0 Å². The number of hydrogen-bond acceptors (Lipinski definition) is 9. The Balaban J connectivity index is 2.15. The van der Waals surface area contributed by atoms with Gasteiger partial charge in [0.2, 0.25) is 17.7 Å². The number of carbonyl (C=O) groups excluding carboxylic acids is 3. The number of imidazole rings is 1. The fourth-order valence-electron chi connectivity index (χ4n) is 3.86. The number of aromatic amines is 1. The van der Waals surface area contributed by atoms with Crippen LogP contribution in [0.5, 0.6) is 5.75 Å². The Morgan fingerprint density at radius 3 is 2.20 bits per heavy atom. The van der Waals surface area contributed by atoms with Crippen molar-refractivity contribution in [2.24, 2.45) is 11.5 Å². The number of nitrogens with zero attached hydrogens (tertiary/aromatic N) is 1. The van der Waals surface area contributed by atoms with Crippen LogP contribution in [-0.2, 0) is 32.0 Å². The molecule has 0 bridgehead atoms. The van der Waals surface area contributed by atoms with E-state index >= 15 is 0 Å². The van der Waals surface area contributed by atoms with E-state index in [0.29, 0.717) is 36.4 Å². The Labute approximate surface area is 237 Å². The number of phenolic OH excluding ortho intramolecular Hbond substituents is 1. The van der Waals surface area contributed by atoms with Crippen molar-refractivity contribution in [1.82, 2.24) is 25.9 Å². The van der Waals surface area contributed by atoms with Gasteiger partial charge in [-0.2, -0.15) is 11.8 Å². The first-order valence-electron chi connectivity index (χ1n) is 13.0. The molecule has 40 heavy (non-hydrogen) atoms. The number of rotatable bonds is 18. The van der Waals surface area contributed by atoms with Crippen molar-refractivity contribution in [3.8, 4) is 5.75 Å². The maximum atomic E-state index is 13.4. The molecule has 10 N–H and O–H groups in total. The van der Waals surface area contributed by atoms with Gasteiger partial charge in [0.05, 0.1) is 12.4 Å². The number of nitrogens with one attached hydrogen (secondary N) is 4. The van der Waals surface area contributed by atoms with Crippen LogP contribution in [0.1, 0.15) is 36.9 Å². The van der Waals surface area contributed by atoms with Crippen LogP contribution >= 0.6 is 11.8 Å². The lowest BCUT2D eigenvalue weighted by molar-refractivity contribution is -0.142. The summed E-state index contributed by atoms with van der Waals surface area (Å²) < 4.78 is 0. The molecule has 3 amide bonds. The monoisotopic (exact) mass is 577 g/mol. The number of carboxylic acid groups (broad SMARTS) is 1. The summed E-state index contributed by atoms with van der Waals surface area (Å²) in [6.07, 6.45) is 6.86. The topological polar surface area (TPSA) is 226 Å². The van der Waals surface area contributed by atoms with Crippen LogP contribution in [0.3, 0.4) is 0 Å². The SMILES string of the molecule is CSCCC(NC(=O)C(Cc1cnc[nH]1)NC(=O)C(N)CCCCN)C(=O)NC(Cc1ccc(O)cc1)C(=O)O. The summed E-state index contributed by atoms with van der Waals surface area (Å²) in [5.41, 5.74) is 12.7. The third-order valence-electron chi connectivity index (χ3n) is 6.15. The van der Waals surface area contributed by atoms with Crippen LogP contribution in [-0.4, -0.2) is 86.6 Å². The average molecular weight is 578 g/mol. The first-order chi connectivity index (χ1) is 19.1. The zero-order valence-corrected chi connectivity index (χ0v) is 23.3. The van der Waals surface area contributed by atoms with E-state index < -0.39 is 47.9 Å². The number of aromatic nitrogens is 2. The number of amides is 3. The van der Waals surface area contributed by atoms with Crippen LogP contribution in [0.15, 0.2) is 36.8 Å². The van der Waals surface area contributed by atoms with Gasteiger partial charge in [0.1, 0.15) is 23.9 Å². The van der Waals surface area contributed by atoms with Crippen molar-refractivity contribution in [1.29, 1.82) is 0 Å². The molecule has 1 aromatic carbocycles. The van der Waals surface area contributed by atoms with Crippen molar-refractivity contribution in [2.75, 3.05) is 18.6 Å². The fourth-order valence-corrected chi connectivity index (χ4v) is 4.33. The summed E-state index contributed by atoms with van der Waals surface area (Å²) in [6.45, 7) is 0.483. The van der Waals surface area contributed by atoms with Crippen LogP contribution in [0, 0.1) is 0 Å². The van der Waals surface area contributed by atoms with Crippen molar-refractivity contribution in [3.05, 3.63) is 48.0 Å². The number of carbonyl (C=O) groups is 4. The first-order valence-corrected chi connectivity index (χ1v) is 14.4. The third-order valence-corrected chi connectivity index (χ3v) is 6.80. The molecule has 1 aromatic heterocycles. The summed E-state index contributed by atoms with van der Waals surface area (Å²) in [5.74, 6) is -2.50. The number of aliphatic carboxylic acids is 1. The summed E-state index contributed by atoms with van der Waals surface area (Å²) in [4.78, 5) is 58.0. The Kier molecular flexibility index (Phi) is 14.0. The second-order valence-corrected chi connectivity index (χ2v) is 10.3. The van der Waals surface area contributed by atoms with E-state index in [1.54, 1.807) is 12.1 Å². The smallest absolute Gasteiger partial charge is 0.326 e. The lowest BCUT2D eigenvalue weighted by Gasteiger charge is -2.25. The number of unbranched alkanes of at least 4 members (excludes halogenated alkanes) is 1. The molecule has 4 unspecified atom stereocenters. The molecule has 0 saturated carbocycles. The Bertz CT molecular complexity index is 1080. The standard InChI is InChI=1S/C26H39N7O6S/c1-40-11-9-20(24(36)33-22(26(38)39)12-16-5-7-18(34)8-6-16)31-25(37)21(13-17-14-29-15-30-17)32-23(35)19(28)4-2-3-10-27/h5-8,14-15,19-22,34H,2-4,9-13,27-28H2,1H3,(H,29,30)(H,31,37)(H,32,35)(H,33,36)(H,38,39). The van der Waals surface area contributed by atoms with Gasteiger partial charge >= 0.3 is 5.97 Å². The minimum absolute atomic E-state index is 0.0227. The molecule has 0 radical (unpaired) electrons. The van der Waals surface area contributed by atoms with Crippen LogP contribution in [0.2, 0.25) is 0 Å². The second-order valence-electron chi connectivity index (χ2n) is 9.35. The third kappa shape index (κ3) is 11.2. The molecular formula is C26H39N7O6S. The Morgan fingerprint density at radius 1 is 0.950 bits per heavy atom. The molecule has 2 aromatic rings. The van der Waals surface area contributed by atoms with Crippen molar-refractivity contribution < 1.29 is 29.4 Å². The molecule has 0 aliphatic rings. The zero-order valence-electron chi connectivity index (χ0n) is 22.5. The predicted octanol–water partition coefficient (Wildman–Crippen LogP) is -0.351. The van der Waals surface area contributed by atoms with Gasteiger partial charge in [-0.05, 0) is 55.5 Å². The molecule has 0 aliphatic heterocycles. The molecular weight excluding hydrogens is 538 g/mol. The van der Waals surface area contributed by atoms with Crippen molar-refractivity contribution >= 4 is 35.5 Å². The number of hydrogen-bond donors (Lipinski definition) is 8. The highest BCUT2D eigenvalue weighted by molar-refractivity contribution is 7.98. The Hall–Kier alpha value is -3.62. The number of H-pyrrole nitrogens is 1. The number of carboxylic acids is 1. The summed E-state index contributed by atoms with van der Waals surface area (Å²) >= 11 is 1.46. The van der Waals surface area contributed by atoms with Gasteiger partial charge in [-0.1, -0.05) is 18.6 Å². The van der Waals surface area contributed by atoms with Gasteiger partial charge in [-0.25, -0.2) is 9.78 Å². The summed E-state index contributed by atoms with van der Waals surface area (Å²) in [7, 11) is 0. The van der Waals surface area contributed by atoms with Gasteiger partial charge < -0.3 is 42.6 Å². The largest absolute Gasteiger partial charge is 0.508 e. The van der Waals surface area contributed by atoms with Gasteiger partial charge in [0, 0.05) is 24.7 Å².